The molecule has 0 N–H and O–H groups in total. The second-order valence-corrected chi connectivity index (χ2v) is 13.5. The molecule has 2 aliphatic carbocycles. The number of ether oxygens (including phenoxy) is 6. The number of hydrogen-bond acceptors (Lipinski definition) is 11. The molecule has 11 nitrogen and oxygen atoms in total. The number of hydrogen-bond donors (Lipinski definition) is 0. The van der Waals surface area contributed by atoms with E-state index in [0.717, 1.165) is 0 Å². The van der Waals surface area contributed by atoms with Crippen molar-refractivity contribution in [1.82, 2.24) is 0 Å². The van der Waals surface area contributed by atoms with E-state index >= 15 is 0 Å². The van der Waals surface area contributed by atoms with Gasteiger partial charge in [-0.2, -0.15) is 0 Å². The van der Waals surface area contributed by atoms with E-state index in [4.69, 9.17) is 28.4 Å². The number of cyclic esters (lactones) is 3. The third-order valence-corrected chi connectivity index (χ3v) is 11.0. The Kier molecular flexibility index (Phi) is 5.74. The molecule has 10 unspecified atom stereocenters. The topological polar surface area (TPSA) is 144 Å². The Labute approximate surface area is 237 Å². The summed E-state index contributed by atoms with van der Waals surface area (Å²) >= 11 is 0. The molecule has 0 radical (unpaired) electrons. The van der Waals surface area contributed by atoms with Gasteiger partial charge in [0.25, 0.3) is 6.29 Å². The highest BCUT2D eigenvalue weighted by molar-refractivity contribution is 5.94. The minimum atomic E-state index is -1.22. The molecule has 0 aromatic rings. The van der Waals surface area contributed by atoms with Crippen molar-refractivity contribution in [2.75, 3.05) is 0 Å². The second kappa shape index (κ2) is 8.42. The predicted octanol–water partition coefficient (Wildman–Crippen LogP) is 2.69. The van der Waals surface area contributed by atoms with Gasteiger partial charge in [0.1, 0.15) is 23.4 Å². The maximum atomic E-state index is 13.5. The molecule has 10 atom stereocenters. The predicted molar refractivity (Wildman–Crippen MR) is 137 cm³/mol. The number of epoxide rings is 1. The molecule has 2 saturated carbocycles. The van der Waals surface area contributed by atoms with E-state index in [9.17, 15) is 24.0 Å². The first-order valence-electron chi connectivity index (χ1n) is 14.1. The van der Waals surface area contributed by atoms with E-state index in [-0.39, 0.29) is 17.4 Å². The summed E-state index contributed by atoms with van der Waals surface area (Å²) in [5.74, 6) is -3.31. The minimum Gasteiger partial charge on any atom is -0.462 e. The lowest BCUT2D eigenvalue weighted by atomic mass is 9.37. The van der Waals surface area contributed by atoms with Gasteiger partial charge in [-0.25, -0.2) is 14.4 Å². The van der Waals surface area contributed by atoms with Crippen LogP contribution >= 0.6 is 0 Å². The first-order chi connectivity index (χ1) is 19.0. The summed E-state index contributed by atoms with van der Waals surface area (Å²) in [6, 6.07) is 0. The van der Waals surface area contributed by atoms with E-state index in [2.05, 4.69) is 6.92 Å². The lowest BCUT2D eigenvalue weighted by Gasteiger charge is -2.67. The van der Waals surface area contributed by atoms with E-state index in [1.54, 1.807) is 0 Å². The first kappa shape index (κ1) is 27.9. The molecule has 0 bridgehead atoms. The van der Waals surface area contributed by atoms with Crippen LogP contribution < -0.4 is 0 Å². The normalized spacial score (nSPS) is 47.1. The van der Waals surface area contributed by atoms with Gasteiger partial charge in [0, 0.05) is 42.7 Å². The highest BCUT2D eigenvalue weighted by Gasteiger charge is 2.88. The van der Waals surface area contributed by atoms with Gasteiger partial charge in [-0.1, -0.05) is 26.8 Å². The molecule has 0 amide bonds. The molecule has 1 spiro atoms. The van der Waals surface area contributed by atoms with Crippen LogP contribution in [0, 0.1) is 28.1 Å². The molecular formula is C30H36O11. The van der Waals surface area contributed by atoms with Gasteiger partial charge in [-0.05, 0) is 44.4 Å². The Morgan fingerprint density at radius 3 is 2.27 bits per heavy atom. The smallest absolute Gasteiger partial charge is 0.341 e. The number of carbonyl (C=O) groups is 5. The summed E-state index contributed by atoms with van der Waals surface area (Å²) in [4.78, 5) is 63.2. The summed E-state index contributed by atoms with van der Waals surface area (Å²) in [5.41, 5.74) is -4.38. The minimum absolute atomic E-state index is 0.0842. The summed E-state index contributed by atoms with van der Waals surface area (Å²) in [5, 5.41) is 0. The van der Waals surface area contributed by atoms with Crippen molar-refractivity contribution < 1.29 is 52.4 Å². The van der Waals surface area contributed by atoms with Gasteiger partial charge in [0.2, 0.25) is 0 Å². The Hall–Kier alpha value is -3.21. The average molecular weight is 573 g/mol. The summed E-state index contributed by atoms with van der Waals surface area (Å²) in [7, 11) is 0. The molecule has 41 heavy (non-hydrogen) atoms. The van der Waals surface area contributed by atoms with Gasteiger partial charge in [-0.3, -0.25) is 9.59 Å². The molecule has 6 rings (SSSR count). The Balaban J connectivity index is 1.50. The highest BCUT2D eigenvalue weighted by atomic mass is 16.7. The van der Waals surface area contributed by atoms with E-state index in [1.807, 2.05) is 33.8 Å². The maximum absolute atomic E-state index is 13.5. The standard InChI is InChI=1S/C30H36O11/c1-14(31)36-19-13-18-26(3,4)40-20(33)9-10-27(18,5)17-8-11-28(6)22(16-12-21(37-15(2)32)38-24(16)34)39-25(35)23-30(28,41-23)29(17,19)7/h9-10,12,17-19,21-23H,8,11,13H2,1-7H3. The molecule has 4 fully saturated rings. The zero-order chi connectivity index (χ0) is 29.9. The van der Waals surface area contributed by atoms with Crippen molar-refractivity contribution >= 4 is 29.8 Å². The fourth-order valence-electron chi connectivity index (χ4n) is 9.52. The van der Waals surface area contributed by atoms with Gasteiger partial charge in [0.05, 0.1) is 5.57 Å². The zero-order valence-electron chi connectivity index (χ0n) is 24.3. The third kappa shape index (κ3) is 3.50. The number of allylic oxidation sites excluding steroid dienone is 1. The monoisotopic (exact) mass is 572 g/mol. The van der Waals surface area contributed by atoms with Crippen LogP contribution in [0.25, 0.3) is 0 Å². The quantitative estimate of drug-likeness (QED) is 0.280. The Morgan fingerprint density at radius 1 is 0.927 bits per heavy atom. The van der Waals surface area contributed by atoms with E-state index in [1.165, 1.54) is 26.0 Å². The van der Waals surface area contributed by atoms with Crippen LogP contribution in [0.3, 0.4) is 0 Å². The molecule has 2 saturated heterocycles. The van der Waals surface area contributed by atoms with Crippen molar-refractivity contribution in [3.8, 4) is 0 Å². The van der Waals surface area contributed by atoms with E-state index < -0.39 is 81.9 Å². The van der Waals surface area contributed by atoms with Crippen molar-refractivity contribution in [2.45, 2.75) is 104 Å². The number of rotatable bonds is 3. The highest BCUT2D eigenvalue weighted by Crippen LogP contribution is 2.78. The van der Waals surface area contributed by atoms with Crippen LogP contribution in [0.2, 0.25) is 0 Å². The largest absolute Gasteiger partial charge is 0.462 e. The van der Waals surface area contributed by atoms with Gasteiger partial charge < -0.3 is 28.4 Å². The van der Waals surface area contributed by atoms with Crippen molar-refractivity contribution in [1.29, 1.82) is 0 Å². The maximum Gasteiger partial charge on any atom is 0.341 e. The fourth-order valence-corrected chi connectivity index (χ4v) is 9.52. The van der Waals surface area contributed by atoms with Crippen molar-refractivity contribution in [3.05, 3.63) is 23.8 Å². The molecule has 0 aromatic carbocycles. The van der Waals surface area contributed by atoms with Crippen LogP contribution in [0.15, 0.2) is 23.8 Å². The van der Waals surface area contributed by atoms with Crippen LogP contribution in [-0.2, 0) is 52.4 Å². The van der Waals surface area contributed by atoms with Gasteiger partial charge >= 0.3 is 29.8 Å². The lowest BCUT2D eigenvalue weighted by molar-refractivity contribution is -0.253. The average Bonchev–Trinajstić information content (AvgIpc) is 3.55. The third-order valence-electron chi connectivity index (χ3n) is 11.0. The van der Waals surface area contributed by atoms with Crippen LogP contribution in [0.4, 0.5) is 0 Å². The molecule has 11 heteroatoms. The van der Waals surface area contributed by atoms with Crippen LogP contribution in [0.1, 0.15) is 67.7 Å². The number of esters is 5. The molecule has 4 heterocycles. The molecule has 222 valence electrons. The lowest BCUT2D eigenvalue weighted by Crippen LogP contribution is -2.73. The molecule has 6 aliphatic rings. The summed E-state index contributed by atoms with van der Waals surface area (Å²) < 4.78 is 34.6. The van der Waals surface area contributed by atoms with E-state index in [0.29, 0.717) is 19.3 Å². The first-order valence-corrected chi connectivity index (χ1v) is 14.1. The van der Waals surface area contributed by atoms with Gasteiger partial charge in [0.15, 0.2) is 6.10 Å². The van der Waals surface area contributed by atoms with Gasteiger partial charge in [-0.15, -0.1) is 0 Å². The number of fused-ring (bicyclic) bond motifs is 3. The van der Waals surface area contributed by atoms with Crippen molar-refractivity contribution in [3.63, 3.8) is 0 Å². The number of carbonyl (C=O) groups excluding carboxylic acids is 5. The van der Waals surface area contributed by atoms with Crippen LogP contribution in [0.5, 0.6) is 0 Å². The fraction of sp³-hybridized carbons (Fsp3) is 0.700. The molecular weight excluding hydrogens is 536 g/mol. The Morgan fingerprint density at radius 2 is 1.61 bits per heavy atom. The zero-order valence-corrected chi connectivity index (χ0v) is 24.3. The Bertz CT molecular complexity index is 1330. The molecule has 0 aromatic heterocycles. The summed E-state index contributed by atoms with van der Waals surface area (Å²) in [6.45, 7) is 12.3. The molecule has 4 aliphatic heterocycles. The second-order valence-electron chi connectivity index (χ2n) is 13.5. The van der Waals surface area contributed by atoms with Crippen LogP contribution in [-0.4, -0.2) is 65.7 Å². The van der Waals surface area contributed by atoms with Crippen molar-refractivity contribution in [2.24, 2.45) is 28.1 Å². The summed E-state index contributed by atoms with van der Waals surface area (Å²) in [6.07, 6.45) is 2.30. The SMILES string of the molecule is CC(=O)OC1C=C(C2OC(=O)C3OC34C2(C)CCC2C3(C)C=CC(=O)OC(C)(C)C3CC(OC(C)=O)C24C)C(=O)O1.